The Kier molecular flexibility index (Phi) is 4.41. The molecule has 6 nitrogen and oxygen atoms in total. The largest absolute Gasteiger partial charge is 0.411 e. The summed E-state index contributed by atoms with van der Waals surface area (Å²) >= 11 is 0. The van der Waals surface area contributed by atoms with Crippen LogP contribution in [0.4, 0.5) is 0 Å². The fourth-order valence-electron chi connectivity index (χ4n) is 3.66. The second-order valence-corrected chi connectivity index (χ2v) is 13.8. The van der Waals surface area contributed by atoms with Gasteiger partial charge in [0.2, 0.25) is 0 Å². The lowest BCUT2D eigenvalue weighted by Crippen LogP contribution is -2.47. The highest BCUT2D eigenvalue weighted by molar-refractivity contribution is 6.74. The first kappa shape index (κ1) is 18.6. The van der Waals surface area contributed by atoms with Crippen molar-refractivity contribution in [2.75, 3.05) is 0 Å². The second kappa shape index (κ2) is 5.92. The van der Waals surface area contributed by atoms with E-state index in [9.17, 15) is 9.59 Å². The molecule has 2 aliphatic heterocycles. The summed E-state index contributed by atoms with van der Waals surface area (Å²) in [4.78, 5) is 26.8. The lowest BCUT2D eigenvalue weighted by Gasteiger charge is -2.40. The van der Waals surface area contributed by atoms with Crippen LogP contribution in [-0.2, 0) is 15.6 Å². The van der Waals surface area contributed by atoms with Gasteiger partial charge in [-0.1, -0.05) is 27.7 Å². The number of ether oxygens (including phenoxy) is 1. The minimum atomic E-state index is -1.93. The van der Waals surface area contributed by atoms with E-state index >= 15 is 0 Å². The summed E-state index contributed by atoms with van der Waals surface area (Å²) in [6.07, 6.45) is 0.896. The van der Waals surface area contributed by atoms with Crippen molar-refractivity contribution in [3.05, 3.63) is 32.1 Å². The molecule has 1 saturated heterocycles. The minimum Gasteiger partial charge on any atom is -0.411 e. The molecule has 4 atom stereocenters. The monoisotopic (exact) mass is 366 g/mol. The summed E-state index contributed by atoms with van der Waals surface area (Å²) < 4.78 is 14.5. The Morgan fingerprint density at radius 1 is 1.28 bits per heavy atom. The van der Waals surface area contributed by atoms with Gasteiger partial charge in [-0.3, -0.25) is 14.3 Å². The van der Waals surface area contributed by atoms with Crippen molar-refractivity contribution in [2.24, 2.45) is 5.92 Å². The lowest BCUT2D eigenvalue weighted by molar-refractivity contribution is -0.0344. The molecule has 140 valence electrons. The SMILES string of the molecule is Cc1c2n(c(=O)[nH]c1=O)[C@H]1CC(O[Si](C)(C)C(C)(C)C)[C@H](O1)[C@H](C)C2. The maximum Gasteiger partial charge on any atom is 0.330 e. The van der Waals surface area contributed by atoms with E-state index in [4.69, 9.17) is 9.16 Å². The third-order valence-corrected chi connectivity index (χ3v) is 10.7. The first-order chi connectivity index (χ1) is 11.4. The summed E-state index contributed by atoms with van der Waals surface area (Å²) in [7, 11) is -1.93. The van der Waals surface area contributed by atoms with Crippen LogP contribution in [0.5, 0.6) is 0 Å². The Hall–Kier alpha value is -1.18. The molecule has 3 heterocycles. The number of aromatic nitrogens is 2. The molecule has 1 aromatic heterocycles. The van der Waals surface area contributed by atoms with Crippen molar-refractivity contribution >= 4 is 8.32 Å². The second-order valence-electron chi connectivity index (χ2n) is 9.09. The number of nitrogens with zero attached hydrogens (tertiary/aromatic N) is 1. The van der Waals surface area contributed by atoms with E-state index in [0.29, 0.717) is 18.4 Å². The van der Waals surface area contributed by atoms with Crippen LogP contribution in [0.25, 0.3) is 0 Å². The molecule has 1 aromatic rings. The maximum atomic E-state index is 12.4. The molecule has 0 radical (unpaired) electrons. The van der Waals surface area contributed by atoms with E-state index in [0.717, 1.165) is 5.69 Å². The standard InChI is InChI=1S/C18H30N2O4Si/c1-10-8-12-11(2)16(21)19-17(22)20(12)14-9-13(15(10)23-14)24-25(6,7)18(3,4)5/h10,13-15H,8-9H2,1-7H3,(H,19,21,22)/t10-,13?,14-,15-/m1/s1. The van der Waals surface area contributed by atoms with E-state index in [1.54, 1.807) is 11.5 Å². The van der Waals surface area contributed by atoms with Crippen molar-refractivity contribution in [1.29, 1.82) is 0 Å². The predicted molar refractivity (Wildman–Crippen MR) is 99.5 cm³/mol. The van der Waals surface area contributed by atoms with Gasteiger partial charge in [0.1, 0.15) is 6.23 Å². The fourth-order valence-corrected chi connectivity index (χ4v) is 5.00. The van der Waals surface area contributed by atoms with E-state index in [-0.39, 0.29) is 40.6 Å². The molecule has 3 rings (SSSR count). The van der Waals surface area contributed by atoms with Crippen LogP contribution in [0.2, 0.25) is 18.1 Å². The number of fused-ring (bicyclic) bond motifs is 4. The van der Waals surface area contributed by atoms with Crippen LogP contribution in [0.3, 0.4) is 0 Å². The molecule has 25 heavy (non-hydrogen) atoms. The molecule has 7 heteroatoms. The van der Waals surface area contributed by atoms with Gasteiger partial charge in [0.25, 0.3) is 5.56 Å². The molecular weight excluding hydrogens is 336 g/mol. The van der Waals surface area contributed by atoms with Crippen molar-refractivity contribution in [2.45, 2.75) is 84.0 Å². The summed E-state index contributed by atoms with van der Waals surface area (Å²) in [5, 5.41) is 0.125. The molecule has 2 aliphatic rings. The summed E-state index contributed by atoms with van der Waals surface area (Å²) in [6.45, 7) is 15.1. The highest BCUT2D eigenvalue weighted by Crippen LogP contribution is 2.44. The normalized spacial score (nSPS) is 29.4. The van der Waals surface area contributed by atoms with Crippen LogP contribution >= 0.6 is 0 Å². The lowest BCUT2D eigenvalue weighted by atomic mass is 9.92. The fraction of sp³-hybridized carbons (Fsp3) is 0.778. The molecule has 1 unspecified atom stereocenters. The van der Waals surface area contributed by atoms with Gasteiger partial charge in [-0.25, -0.2) is 4.79 Å². The number of H-pyrrole nitrogens is 1. The Bertz CT molecular complexity index is 790. The van der Waals surface area contributed by atoms with E-state index in [1.807, 2.05) is 0 Å². The Morgan fingerprint density at radius 2 is 1.92 bits per heavy atom. The Balaban J connectivity index is 1.98. The van der Waals surface area contributed by atoms with Gasteiger partial charge in [-0.05, 0) is 37.4 Å². The van der Waals surface area contributed by atoms with E-state index < -0.39 is 8.32 Å². The molecule has 0 aromatic carbocycles. The van der Waals surface area contributed by atoms with Crippen molar-refractivity contribution in [1.82, 2.24) is 9.55 Å². The van der Waals surface area contributed by atoms with Gasteiger partial charge in [0.15, 0.2) is 8.32 Å². The summed E-state index contributed by atoms with van der Waals surface area (Å²) in [6, 6.07) is 0. The average molecular weight is 367 g/mol. The maximum absolute atomic E-state index is 12.4. The topological polar surface area (TPSA) is 73.3 Å². The third kappa shape index (κ3) is 3.06. The molecule has 0 spiro atoms. The van der Waals surface area contributed by atoms with Gasteiger partial charge < -0.3 is 9.16 Å². The first-order valence-corrected chi connectivity index (χ1v) is 12.0. The number of nitrogens with one attached hydrogen (secondary N) is 1. The zero-order valence-electron chi connectivity index (χ0n) is 16.3. The zero-order chi connectivity index (χ0) is 18.7. The highest BCUT2D eigenvalue weighted by Gasteiger charge is 2.48. The van der Waals surface area contributed by atoms with Crippen LogP contribution in [0.1, 0.15) is 51.6 Å². The smallest absolute Gasteiger partial charge is 0.330 e. The molecule has 2 bridgehead atoms. The van der Waals surface area contributed by atoms with Crippen molar-refractivity contribution in [3.8, 4) is 0 Å². The van der Waals surface area contributed by atoms with Crippen LogP contribution in [0, 0.1) is 12.8 Å². The molecule has 1 N–H and O–H groups in total. The van der Waals surface area contributed by atoms with Crippen LogP contribution < -0.4 is 11.2 Å². The molecule has 0 aliphatic carbocycles. The number of hydrogen-bond acceptors (Lipinski definition) is 4. The van der Waals surface area contributed by atoms with Gasteiger partial charge in [-0.15, -0.1) is 0 Å². The van der Waals surface area contributed by atoms with Gasteiger partial charge >= 0.3 is 5.69 Å². The number of rotatable bonds is 2. The summed E-state index contributed by atoms with van der Waals surface area (Å²) in [5.74, 6) is 0.188. The molecular formula is C18H30N2O4Si. The third-order valence-electron chi connectivity index (χ3n) is 6.23. The Morgan fingerprint density at radius 3 is 2.52 bits per heavy atom. The van der Waals surface area contributed by atoms with Gasteiger partial charge in [0.05, 0.1) is 12.2 Å². The van der Waals surface area contributed by atoms with E-state index in [1.165, 1.54) is 0 Å². The number of hydrogen-bond donors (Lipinski definition) is 1. The molecule has 0 amide bonds. The Labute approximate surface area is 149 Å². The first-order valence-electron chi connectivity index (χ1n) is 9.10. The molecule has 1 fully saturated rings. The minimum absolute atomic E-state index is 0.00632. The highest BCUT2D eigenvalue weighted by atomic mass is 28.4. The van der Waals surface area contributed by atoms with Crippen molar-refractivity contribution in [3.63, 3.8) is 0 Å². The zero-order valence-corrected chi connectivity index (χ0v) is 17.3. The van der Waals surface area contributed by atoms with E-state index in [2.05, 4.69) is 45.8 Å². The van der Waals surface area contributed by atoms with Crippen LogP contribution in [-0.4, -0.2) is 30.1 Å². The van der Waals surface area contributed by atoms with Crippen molar-refractivity contribution < 1.29 is 9.16 Å². The summed E-state index contributed by atoms with van der Waals surface area (Å²) in [5.41, 5.74) is 0.746. The molecule has 0 saturated carbocycles. The predicted octanol–water partition coefficient (Wildman–Crippen LogP) is 2.72. The number of aromatic amines is 1. The van der Waals surface area contributed by atoms with Gasteiger partial charge in [-0.2, -0.15) is 0 Å². The average Bonchev–Trinajstić information content (AvgIpc) is 2.78. The van der Waals surface area contributed by atoms with Gasteiger partial charge in [0, 0.05) is 17.7 Å². The van der Waals surface area contributed by atoms with Crippen LogP contribution in [0.15, 0.2) is 9.59 Å². The quantitative estimate of drug-likeness (QED) is 0.817.